The van der Waals surface area contributed by atoms with Crippen molar-refractivity contribution in [2.24, 2.45) is 7.05 Å². The first kappa shape index (κ1) is 36.1. The van der Waals surface area contributed by atoms with Gasteiger partial charge in [0, 0.05) is 79.8 Å². The summed E-state index contributed by atoms with van der Waals surface area (Å²) in [6.45, 7) is 9.75. The minimum atomic E-state index is -2.66. The Morgan fingerprint density at radius 3 is 2.44 bits per heavy atom. The molecule has 4 heterocycles. The highest BCUT2D eigenvalue weighted by Crippen LogP contribution is 2.43. The summed E-state index contributed by atoms with van der Waals surface area (Å²) >= 11 is 3.62. The highest BCUT2D eigenvalue weighted by atomic mass is 79.9. The van der Waals surface area contributed by atoms with Crippen molar-refractivity contribution in [2.75, 3.05) is 75.2 Å². The van der Waals surface area contributed by atoms with E-state index in [1.54, 1.807) is 26.6 Å². The lowest BCUT2D eigenvalue weighted by atomic mass is 10.0. The fraction of sp³-hybridized carbons (Fsp3) is 0.361. The third-order valence-corrected chi connectivity index (χ3v) is 11.6. The summed E-state index contributed by atoms with van der Waals surface area (Å²) < 4.78 is 22.0. The molecule has 14 heteroatoms. The number of benzene rings is 3. The number of aromatic nitrogens is 4. The topological polar surface area (TPSA) is 112 Å². The number of aryl methyl sites for hydroxylation is 1. The van der Waals surface area contributed by atoms with Crippen LogP contribution in [0, 0.1) is 0 Å². The first-order chi connectivity index (χ1) is 23.7. The van der Waals surface area contributed by atoms with Gasteiger partial charge in [0.05, 0.1) is 29.2 Å². The number of halogens is 2. The molecule has 7 rings (SSSR count). The van der Waals surface area contributed by atoms with Crippen LogP contribution >= 0.6 is 35.5 Å². The number of ether oxygens (including phenoxy) is 1. The van der Waals surface area contributed by atoms with Crippen LogP contribution in [0.4, 0.5) is 28.8 Å². The molecule has 2 fully saturated rings. The maximum absolute atomic E-state index is 13.6. The molecule has 0 bridgehead atoms. The lowest BCUT2D eigenvalue weighted by molar-refractivity contribution is 0.153. The van der Waals surface area contributed by atoms with Crippen LogP contribution in [0.25, 0.3) is 21.9 Å². The van der Waals surface area contributed by atoms with E-state index in [1.165, 1.54) is 12.8 Å². The first-order valence-electron chi connectivity index (χ1n) is 16.7. The minimum Gasteiger partial charge on any atom is -0.494 e. The number of anilines is 5. The van der Waals surface area contributed by atoms with Gasteiger partial charge in [-0.15, -0.1) is 12.4 Å². The fourth-order valence-electron chi connectivity index (χ4n) is 7.09. The highest BCUT2D eigenvalue weighted by molar-refractivity contribution is 9.10. The van der Waals surface area contributed by atoms with Crippen LogP contribution in [0.15, 0.2) is 71.6 Å². The van der Waals surface area contributed by atoms with Gasteiger partial charge in [-0.05, 0) is 78.1 Å². The molecular formula is C36H44BrClN9O2P. The highest BCUT2D eigenvalue weighted by Gasteiger charge is 2.28. The predicted molar refractivity (Wildman–Crippen MR) is 211 cm³/mol. The summed E-state index contributed by atoms with van der Waals surface area (Å²) in [5.74, 6) is 1.64. The standard InChI is InChI=1S/C36H43BrN9O2P.ClH/c1-44-23-25(21-40-44)28-19-31(33(48-2)20-32(28)46-17-15-45(16-18-46)26-11-13-38-14-12-26)42-36-39-22-29(37)35(43-36)41-30-10-9-24-7-5-6-8-27(24)34(30)49(3,4)47;/h5-10,19-23,26,38H,11-18H2,1-4H3,(H2,39,41,42,43);1H. The third kappa shape index (κ3) is 7.65. The number of rotatable bonds is 9. The quantitative estimate of drug-likeness (QED) is 0.138. The summed E-state index contributed by atoms with van der Waals surface area (Å²) in [6.07, 6.45) is 8.08. The van der Waals surface area contributed by atoms with Crippen molar-refractivity contribution in [1.82, 2.24) is 30.0 Å². The normalized spacial score (nSPS) is 15.9. The minimum absolute atomic E-state index is 0. The van der Waals surface area contributed by atoms with E-state index >= 15 is 0 Å². The van der Waals surface area contributed by atoms with E-state index in [-0.39, 0.29) is 12.4 Å². The molecule has 0 saturated carbocycles. The van der Waals surface area contributed by atoms with Crippen LogP contribution in [-0.2, 0) is 11.6 Å². The Labute approximate surface area is 308 Å². The molecule has 264 valence electrons. The van der Waals surface area contributed by atoms with Gasteiger partial charge in [-0.25, -0.2) is 4.98 Å². The van der Waals surface area contributed by atoms with Gasteiger partial charge in [-0.3, -0.25) is 9.58 Å². The number of nitrogens with one attached hydrogen (secondary N) is 3. The summed E-state index contributed by atoms with van der Waals surface area (Å²) in [7, 11) is 0.963. The van der Waals surface area contributed by atoms with Crippen LogP contribution in [0.2, 0.25) is 0 Å². The number of methoxy groups -OCH3 is 1. The number of fused-ring (bicyclic) bond motifs is 1. The molecule has 0 aliphatic carbocycles. The predicted octanol–water partition coefficient (Wildman–Crippen LogP) is 6.83. The molecule has 11 nitrogen and oxygen atoms in total. The Hall–Kier alpha value is -3.67. The smallest absolute Gasteiger partial charge is 0.229 e. The number of hydrogen-bond donors (Lipinski definition) is 3. The maximum Gasteiger partial charge on any atom is 0.229 e. The van der Waals surface area contributed by atoms with E-state index in [4.69, 9.17) is 9.72 Å². The van der Waals surface area contributed by atoms with E-state index in [0.717, 1.165) is 83.5 Å². The zero-order valence-corrected chi connectivity index (χ0v) is 32.1. The Morgan fingerprint density at radius 1 is 0.980 bits per heavy atom. The zero-order valence-electron chi connectivity index (χ0n) is 28.8. The van der Waals surface area contributed by atoms with Gasteiger partial charge in [0.2, 0.25) is 5.95 Å². The molecule has 0 amide bonds. The van der Waals surface area contributed by atoms with Crippen LogP contribution in [0.5, 0.6) is 5.75 Å². The average molecular weight is 781 g/mol. The van der Waals surface area contributed by atoms with Crippen LogP contribution < -0.4 is 30.9 Å². The first-order valence-corrected chi connectivity index (χ1v) is 20.1. The van der Waals surface area contributed by atoms with Crippen LogP contribution in [-0.4, -0.2) is 90.4 Å². The summed E-state index contributed by atoms with van der Waals surface area (Å²) in [6, 6.07) is 16.9. The molecule has 5 aromatic rings. The van der Waals surface area contributed by atoms with E-state index in [0.29, 0.717) is 28.0 Å². The molecule has 2 saturated heterocycles. The average Bonchev–Trinajstić information content (AvgIpc) is 3.55. The molecule has 2 aliphatic heterocycles. The molecule has 50 heavy (non-hydrogen) atoms. The van der Waals surface area contributed by atoms with Gasteiger partial charge in [0.1, 0.15) is 18.7 Å². The summed E-state index contributed by atoms with van der Waals surface area (Å²) in [5.41, 5.74) is 4.69. The van der Waals surface area contributed by atoms with Gasteiger partial charge >= 0.3 is 0 Å². The van der Waals surface area contributed by atoms with E-state index < -0.39 is 7.14 Å². The second-order valence-electron chi connectivity index (χ2n) is 13.2. The third-order valence-electron chi connectivity index (χ3n) is 9.50. The lowest BCUT2D eigenvalue weighted by Crippen LogP contribution is -2.52. The Kier molecular flexibility index (Phi) is 11.0. The fourth-order valence-corrected chi connectivity index (χ4v) is 8.87. The van der Waals surface area contributed by atoms with Gasteiger partial charge < -0.3 is 30.2 Å². The Morgan fingerprint density at radius 2 is 1.74 bits per heavy atom. The van der Waals surface area contributed by atoms with Crippen molar-refractivity contribution in [3.05, 3.63) is 71.6 Å². The van der Waals surface area contributed by atoms with Gasteiger partial charge in [-0.1, -0.05) is 30.3 Å². The van der Waals surface area contributed by atoms with E-state index in [2.05, 4.69) is 63.9 Å². The molecular weight excluding hydrogens is 737 g/mol. The number of nitrogens with zero attached hydrogens (tertiary/aromatic N) is 6. The Balaban J connectivity index is 0.00000432. The van der Waals surface area contributed by atoms with Gasteiger partial charge in [0.25, 0.3) is 0 Å². The van der Waals surface area contributed by atoms with Crippen molar-refractivity contribution in [3.8, 4) is 16.9 Å². The molecule has 2 aliphatic rings. The lowest BCUT2D eigenvalue weighted by Gasteiger charge is -2.42. The van der Waals surface area contributed by atoms with E-state index in [9.17, 15) is 4.57 Å². The largest absolute Gasteiger partial charge is 0.494 e. The molecule has 0 unspecified atom stereocenters. The van der Waals surface area contributed by atoms with Gasteiger partial charge in [0.15, 0.2) is 0 Å². The van der Waals surface area contributed by atoms with Crippen molar-refractivity contribution in [1.29, 1.82) is 0 Å². The molecule has 0 spiro atoms. The van der Waals surface area contributed by atoms with Crippen molar-refractivity contribution in [2.45, 2.75) is 18.9 Å². The van der Waals surface area contributed by atoms with E-state index in [1.807, 2.05) is 60.5 Å². The number of hydrogen-bond acceptors (Lipinski definition) is 10. The SMILES string of the molecule is COc1cc(N2CCN(C3CCNCC3)CC2)c(-c2cnn(C)c2)cc1Nc1ncc(Br)c(Nc2ccc3ccccc3c2P(C)(C)=O)n1.Cl. The molecule has 0 atom stereocenters. The van der Waals surface area contributed by atoms with Crippen LogP contribution in [0.3, 0.4) is 0 Å². The summed E-state index contributed by atoms with van der Waals surface area (Å²) in [5, 5.41) is 17.6. The molecule has 3 aromatic carbocycles. The monoisotopic (exact) mass is 779 g/mol. The van der Waals surface area contributed by atoms with Crippen LogP contribution in [0.1, 0.15) is 12.8 Å². The summed E-state index contributed by atoms with van der Waals surface area (Å²) in [4.78, 5) is 14.6. The molecule has 2 aromatic heterocycles. The van der Waals surface area contributed by atoms with Crippen molar-refractivity contribution in [3.63, 3.8) is 0 Å². The second kappa shape index (κ2) is 15.3. The van der Waals surface area contributed by atoms with Gasteiger partial charge in [-0.2, -0.15) is 10.1 Å². The Bertz CT molecular complexity index is 2020. The van der Waals surface area contributed by atoms with Crippen molar-refractivity contribution < 1.29 is 9.30 Å². The molecule has 0 radical (unpaired) electrons. The van der Waals surface area contributed by atoms with Crippen molar-refractivity contribution >= 4 is 80.4 Å². The zero-order chi connectivity index (χ0) is 34.1. The second-order valence-corrected chi connectivity index (χ2v) is 17.2. The maximum atomic E-state index is 13.6. The number of piperazine rings is 1. The number of piperidine rings is 1. The molecule has 3 N–H and O–H groups in total.